The van der Waals surface area contributed by atoms with Crippen molar-refractivity contribution in [1.82, 2.24) is 5.32 Å². The fourth-order valence-corrected chi connectivity index (χ4v) is 2.07. The van der Waals surface area contributed by atoms with Crippen LogP contribution >= 0.6 is 0 Å². The second-order valence-corrected chi connectivity index (χ2v) is 4.81. The van der Waals surface area contributed by atoms with Gasteiger partial charge < -0.3 is 10.1 Å². The number of nitrogens with one attached hydrogen (secondary N) is 1. The molecule has 108 valence electrons. The summed E-state index contributed by atoms with van der Waals surface area (Å²) in [5.41, 5.74) is 2.06. The SMILES string of the molecule is COc1cccc([C@H](C)NCc2ccc(F)c(C#N)c2)c1. The molecule has 0 bridgehead atoms. The van der Waals surface area contributed by atoms with Crippen LogP contribution in [0.4, 0.5) is 4.39 Å². The van der Waals surface area contributed by atoms with Crippen molar-refractivity contribution in [3.05, 3.63) is 65.0 Å². The minimum Gasteiger partial charge on any atom is -0.497 e. The Balaban J connectivity index is 2.03. The summed E-state index contributed by atoms with van der Waals surface area (Å²) in [4.78, 5) is 0. The molecule has 4 heteroatoms. The van der Waals surface area contributed by atoms with E-state index in [4.69, 9.17) is 10.00 Å². The predicted octanol–water partition coefficient (Wildman–Crippen LogP) is 3.56. The van der Waals surface area contributed by atoms with Gasteiger partial charge in [-0.25, -0.2) is 4.39 Å². The van der Waals surface area contributed by atoms with E-state index in [1.54, 1.807) is 19.2 Å². The van der Waals surface area contributed by atoms with E-state index in [2.05, 4.69) is 5.32 Å². The van der Waals surface area contributed by atoms with Crippen molar-refractivity contribution in [2.24, 2.45) is 0 Å². The maximum Gasteiger partial charge on any atom is 0.140 e. The highest BCUT2D eigenvalue weighted by Crippen LogP contribution is 2.19. The van der Waals surface area contributed by atoms with Crippen LogP contribution in [-0.4, -0.2) is 7.11 Å². The Bertz CT molecular complexity index is 664. The average Bonchev–Trinajstić information content (AvgIpc) is 2.53. The van der Waals surface area contributed by atoms with E-state index in [0.717, 1.165) is 16.9 Å². The monoisotopic (exact) mass is 284 g/mol. The van der Waals surface area contributed by atoms with Crippen molar-refractivity contribution in [3.8, 4) is 11.8 Å². The lowest BCUT2D eigenvalue weighted by molar-refractivity contribution is 0.413. The van der Waals surface area contributed by atoms with Gasteiger partial charge in [-0.15, -0.1) is 0 Å². The van der Waals surface area contributed by atoms with Crippen molar-refractivity contribution in [1.29, 1.82) is 5.26 Å². The Morgan fingerprint density at radius 3 is 2.81 bits per heavy atom. The summed E-state index contributed by atoms with van der Waals surface area (Å²) in [6.07, 6.45) is 0. The molecular formula is C17H17FN2O. The van der Waals surface area contributed by atoms with Gasteiger partial charge in [0.05, 0.1) is 12.7 Å². The summed E-state index contributed by atoms with van der Waals surface area (Å²) < 4.78 is 18.5. The molecule has 0 saturated heterocycles. The minimum absolute atomic E-state index is 0.0725. The van der Waals surface area contributed by atoms with Crippen LogP contribution in [0, 0.1) is 17.1 Å². The molecule has 0 aliphatic carbocycles. The molecule has 21 heavy (non-hydrogen) atoms. The second-order valence-electron chi connectivity index (χ2n) is 4.81. The van der Waals surface area contributed by atoms with E-state index in [9.17, 15) is 4.39 Å². The molecular weight excluding hydrogens is 267 g/mol. The van der Waals surface area contributed by atoms with Crippen LogP contribution in [0.25, 0.3) is 0 Å². The van der Waals surface area contributed by atoms with Gasteiger partial charge in [0.2, 0.25) is 0 Å². The van der Waals surface area contributed by atoms with Gasteiger partial charge in [-0.05, 0) is 42.3 Å². The second kappa shape index (κ2) is 6.87. The fourth-order valence-electron chi connectivity index (χ4n) is 2.07. The molecule has 0 unspecified atom stereocenters. The van der Waals surface area contributed by atoms with Crippen LogP contribution in [0.15, 0.2) is 42.5 Å². The normalized spacial score (nSPS) is 11.7. The molecule has 0 fully saturated rings. The standard InChI is InChI=1S/C17H17FN2O/c1-12(14-4-3-5-16(9-14)21-2)20-11-13-6-7-17(18)15(8-13)10-19/h3-9,12,20H,11H2,1-2H3/t12-/m0/s1. The summed E-state index contributed by atoms with van der Waals surface area (Å²) >= 11 is 0. The van der Waals surface area contributed by atoms with E-state index in [-0.39, 0.29) is 11.6 Å². The largest absolute Gasteiger partial charge is 0.497 e. The van der Waals surface area contributed by atoms with Gasteiger partial charge in [-0.1, -0.05) is 18.2 Å². The Hall–Kier alpha value is -2.38. The molecule has 1 N–H and O–H groups in total. The average molecular weight is 284 g/mol. The van der Waals surface area contributed by atoms with E-state index in [1.165, 1.54) is 6.07 Å². The number of ether oxygens (including phenoxy) is 1. The first-order valence-corrected chi connectivity index (χ1v) is 6.70. The summed E-state index contributed by atoms with van der Waals surface area (Å²) in [5, 5.41) is 12.2. The summed E-state index contributed by atoms with van der Waals surface area (Å²) in [5.74, 6) is 0.330. The maximum atomic E-state index is 13.3. The van der Waals surface area contributed by atoms with Crippen molar-refractivity contribution in [2.45, 2.75) is 19.5 Å². The van der Waals surface area contributed by atoms with Crippen LogP contribution in [0.1, 0.15) is 29.7 Å². The summed E-state index contributed by atoms with van der Waals surface area (Å²) in [7, 11) is 1.64. The van der Waals surface area contributed by atoms with Crippen LogP contribution in [0.5, 0.6) is 5.75 Å². The van der Waals surface area contributed by atoms with Gasteiger partial charge in [-0.3, -0.25) is 0 Å². The summed E-state index contributed by atoms with van der Waals surface area (Å²) in [6, 6.07) is 14.4. The topological polar surface area (TPSA) is 45.0 Å². The molecule has 0 aliphatic heterocycles. The molecule has 0 spiro atoms. The number of halogens is 1. The van der Waals surface area contributed by atoms with Gasteiger partial charge in [-0.2, -0.15) is 5.26 Å². The number of hydrogen-bond donors (Lipinski definition) is 1. The van der Waals surface area contributed by atoms with Crippen molar-refractivity contribution in [3.63, 3.8) is 0 Å². The van der Waals surface area contributed by atoms with E-state index < -0.39 is 5.82 Å². The van der Waals surface area contributed by atoms with E-state index in [0.29, 0.717) is 6.54 Å². The molecule has 3 nitrogen and oxygen atoms in total. The first kappa shape index (κ1) is 15.0. The zero-order chi connectivity index (χ0) is 15.2. The molecule has 2 rings (SSSR count). The highest BCUT2D eigenvalue weighted by molar-refractivity contribution is 5.34. The zero-order valence-corrected chi connectivity index (χ0v) is 12.1. The molecule has 0 amide bonds. The first-order chi connectivity index (χ1) is 10.1. The van der Waals surface area contributed by atoms with E-state index in [1.807, 2.05) is 37.3 Å². The molecule has 0 heterocycles. The quantitative estimate of drug-likeness (QED) is 0.913. The van der Waals surface area contributed by atoms with E-state index >= 15 is 0 Å². The highest BCUT2D eigenvalue weighted by Gasteiger charge is 2.07. The van der Waals surface area contributed by atoms with Crippen molar-refractivity contribution < 1.29 is 9.13 Å². The maximum absolute atomic E-state index is 13.3. The molecule has 0 aromatic heterocycles. The zero-order valence-electron chi connectivity index (χ0n) is 12.1. The van der Waals surface area contributed by atoms with Gasteiger partial charge >= 0.3 is 0 Å². The Labute approximate surface area is 124 Å². The molecule has 2 aromatic carbocycles. The number of hydrogen-bond acceptors (Lipinski definition) is 3. The Morgan fingerprint density at radius 2 is 2.10 bits per heavy atom. The number of nitriles is 1. The van der Waals surface area contributed by atoms with Gasteiger partial charge in [0.25, 0.3) is 0 Å². The summed E-state index contributed by atoms with van der Waals surface area (Å²) in [6.45, 7) is 2.61. The number of methoxy groups -OCH3 is 1. The smallest absolute Gasteiger partial charge is 0.140 e. The van der Waals surface area contributed by atoms with Gasteiger partial charge in [0.15, 0.2) is 0 Å². The number of rotatable bonds is 5. The third-order valence-electron chi connectivity index (χ3n) is 3.36. The van der Waals surface area contributed by atoms with Crippen LogP contribution in [-0.2, 0) is 6.54 Å². The van der Waals surface area contributed by atoms with Gasteiger partial charge in [0, 0.05) is 12.6 Å². The van der Waals surface area contributed by atoms with Crippen molar-refractivity contribution in [2.75, 3.05) is 7.11 Å². The van der Waals surface area contributed by atoms with Gasteiger partial charge in [0.1, 0.15) is 17.6 Å². The molecule has 0 radical (unpaired) electrons. The lowest BCUT2D eigenvalue weighted by atomic mass is 10.1. The lowest BCUT2D eigenvalue weighted by Crippen LogP contribution is -2.18. The third kappa shape index (κ3) is 3.80. The number of benzene rings is 2. The molecule has 0 aliphatic rings. The molecule has 0 saturated carbocycles. The first-order valence-electron chi connectivity index (χ1n) is 6.70. The van der Waals surface area contributed by atoms with Crippen molar-refractivity contribution >= 4 is 0 Å². The van der Waals surface area contributed by atoms with Crippen LogP contribution in [0.3, 0.4) is 0 Å². The Morgan fingerprint density at radius 1 is 1.29 bits per heavy atom. The Kier molecular flexibility index (Phi) is 4.91. The minimum atomic E-state index is -0.484. The highest BCUT2D eigenvalue weighted by atomic mass is 19.1. The lowest BCUT2D eigenvalue weighted by Gasteiger charge is -2.15. The van der Waals surface area contributed by atoms with Crippen LogP contribution in [0.2, 0.25) is 0 Å². The van der Waals surface area contributed by atoms with Crippen LogP contribution < -0.4 is 10.1 Å². The molecule has 1 atom stereocenters. The number of nitrogens with zero attached hydrogens (tertiary/aromatic N) is 1. The predicted molar refractivity (Wildman–Crippen MR) is 79.4 cm³/mol. The third-order valence-corrected chi connectivity index (χ3v) is 3.36. The molecule has 2 aromatic rings. The fraction of sp³-hybridized carbons (Fsp3) is 0.235.